The van der Waals surface area contributed by atoms with Gasteiger partial charge in [-0.05, 0) is 19.1 Å². The third-order valence-electron chi connectivity index (χ3n) is 3.31. The van der Waals surface area contributed by atoms with Crippen molar-refractivity contribution >= 4 is 23.2 Å². The molecule has 0 saturated heterocycles. The molecule has 0 spiro atoms. The summed E-state index contributed by atoms with van der Waals surface area (Å²) >= 11 is 0. The number of hydrogen-bond donors (Lipinski definition) is 2. The molecule has 0 heterocycles. The summed E-state index contributed by atoms with van der Waals surface area (Å²) < 4.78 is 0. The summed E-state index contributed by atoms with van der Waals surface area (Å²) in [5.41, 5.74) is 6.97. The van der Waals surface area contributed by atoms with Crippen LogP contribution < -0.4 is 11.1 Å². The van der Waals surface area contributed by atoms with Crippen LogP contribution in [0.2, 0.25) is 0 Å². The highest BCUT2D eigenvalue weighted by atomic mass is 16.2. The van der Waals surface area contributed by atoms with Crippen molar-refractivity contribution in [2.75, 3.05) is 5.32 Å². The first kappa shape index (κ1) is 16.6. The first-order chi connectivity index (χ1) is 11.0. The van der Waals surface area contributed by atoms with Crippen molar-refractivity contribution in [3.63, 3.8) is 0 Å². The lowest BCUT2D eigenvalue weighted by atomic mass is 10.0. The summed E-state index contributed by atoms with van der Waals surface area (Å²) in [6.45, 7) is 1.38. The van der Waals surface area contributed by atoms with Gasteiger partial charge >= 0.3 is 0 Å². The fraction of sp³-hybridized carbons (Fsp3) is 0.167. The number of ketones is 2. The van der Waals surface area contributed by atoms with Crippen molar-refractivity contribution in [3.8, 4) is 0 Å². The molecule has 5 nitrogen and oxygen atoms in total. The molecule has 0 radical (unpaired) electrons. The van der Waals surface area contributed by atoms with E-state index < -0.39 is 11.9 Å². The Balaban J connectivity index is 2.23. The largest absolute Gasteiger partial charge is 0.324 e. The Bertz CT molecular complexity index is 726. The molecule has 0 aliphatic rings. The van der Waals surface area contributed by atoms with Crippen molar-refractivity contribution in [1.29, 1.82) is 0 Å². The molecule has 0 fully saturated rings. The van der Waals surface area contributed by atoms with E-state index in [0.29, 0.717) is 16.8 Å². The van der Waals surface area contributed by atoms with Crippen LogP contribution in [0.15, 0.2) is 54.6 Å². The molecular weight excluding hydrogens is 292 g/mol. The molecule has 118 valence electrons. The molecule has 0 bridgehead atoms. The van der Waals surface area contributed by atoms with Gasteiger partial charge in [0.05, 0.1) is 11.7 Å². The number of Topliss-reactive ketones (excluding diaryl/α,β-unsaturated/α-hetero) is 1. The number of nitrogens with two attached hydrogens (primary N) is 1. The van der Waals surface area contributed by atoms with Gasteiger partial charge in [-0.3, -0.25) is 14.4 Å². The van der Waals surface area contributed by atoms with Gasteiger partial charge in [0.1, 0.15) is 5.78 Å². The molecule has 3 N–H and O–H groups in total. The van der Waals surface area contributed by atoms with E-state index >= 15 is 0 Å². The van der Waals surface area contributed by atoms with E-state index in [4.69, 9.17) is 5.73 Å². The number of benzene rings is 2. The van der Waals surface area contributed by atoms with E-state index in [1.54, 1.807) is 48.5 Å². The predicted molar refractivity (Wildman–Crippen MR) is 88.2 cm³/mol. The van der Waals surface area contributed by atoms with Gasteiger partial charge in [0, 0.05) is 17.5 Å². The number of amides is 1. The molecule has 0 aliphatic carbocycles. The average molecular weight is 310 g/mol. The monoisotopic (exact) mass is 310 g/mol. The van der Waals surface area contributed by atoms with Crippen molar-refractivity contribution in [1.82, 2.24) is 0 Å². The summed E-state index contributed by atoms with van der Waals surface area (Å²) in [5, 5.41) is 2.63. The van der Waals surface area contributed by atoms with Crippen LogP contribution in [0.25, 0.3) is 0 Å². The Labute approximate surface area is 134 Å². The van der Waals surface area contributed by atoms with Crippen LogP contribution >= 0.6 is 0 Å². The molecule has 0 saturated carbocycles. The zero-order chi connectivity index (χ0) is 16.8. The van der Waals surface area contributed by atoms with Gasteiger partial charge < -0.3 is 11.1 Å². The maximum atomic E-state index is 12.6. The number of hydrogen-bond acceptors (Lipinski definition) is 4. The first-order valence-corrected chi connectivity index (χ1v) is 7.23. The van der Waals surface area contributed by atoms with Crippen molar-refractivity contribution in [2.24, 2.45) is 5.73 Å². The maximum absolute atomic E-state index is 12.6. The molecule has 2 aromatic carbocycles. The highest BCUT2D eigenvalue weighted by Crippen LogP contribution is 2.19. The Morgan fingerprint density at radius 3 is 2.26 bits per heavy atom. The SMILES string of the molecule is CC(=O)CC(N)C(=O)Nc1ccccc1C(=O)c1ccccc1. The summed E-state index contributed by atoms with van der Waals surface area (Å²) in [7, 11) is 0. The van der Waals surface area contributed by atoms with Gasteiger partial charge in [-0.25, -0.2) is 0 Å². The standard InChI is InChI=1S/C18H18N2O3/c1-12(21)11-15(19)18(23)20-16-10-6-5-9-14(16)17(22)13-7-3-2-4-8-13/h2-10,15H,11,19H2,1H3,(H,20,23). The number of nitrogens with one attached hydrogen (secondary N) is 1. The van der Waals surface area contributed by atoms with Crippen LogP contribution in [0.4, 0.5) is 5.69 Å². The lowest BCUT2D eigenvalue weighted by Crippen LogP contribution is -2.37. The number of para-hydroxylation sites is 1. The minimum absolute atomic E-state index is 0.0410. The highest BCUT2D eigenvalue weighted by Gasteiger charge is 2.19. The van der Waals surface area contributed by atoms with E-state index in [9.17, 15) is 14.4 Å². The molecule has 5 heteroatoms. The molecule has 0 aromatic heterocycles. The Hall–Kier alpha value is -2.79. The smallest absolute Gasteiger partial charge is 0.241 e. The third-order valence-corrected chi connectivity index (χ3v) is 3.31. The quantitative estimate of drug-likeness (QED) is 0.800. The minimum Gasteiger partial charge on any atom is -0.324 e. The molecule has 2 rings (SSSR count). The van der Waals surface area contributed by atoms with Gasteiger partial charge in [0.15, 0.2) is 5.78 Å². The van der Waals surface area contributed by atoms with Gasteiger partial charge in [-0.1, -0.05) is 42.5 Å². The highest BCUT2D eigenvalue weighted by molar-refractivity contribution is 6.14. The average Bonchev–Trinajstić information content (AvgIpc) is 2.55. The Kier molecular flexibility index (Phi) is 5.38. The normalized spacial score (nSPS) is 11.6. The van der Waals surface area contributed by atoms with Crippen LogP contribution in [0, 0.1) is 0 Å². The van der Waals surface area contributed by atoms with E-state index in [0.717, 1.165) is 0 Å². The van der Waals surface area contributed by atoms with Crippen molar-refractivity contribution in [2.45, 2.75) is 19.4 Å². The number of carbonyl (C=O) groups excluding carboxylic acids is 3. The summed E-state index contributed by atoms with van der Waals surface area (Å²) in [5.74, 6) is -0.851. The minimum atomic E-state index is -0.938. The van der Waals surface area contributed by atoms with Crippen LogP contribution in [-0.2, 0) is 9.59 Å². The van der Waals surface area contributed by atoms with Gasteiger partial charge in [0.25, 0.3) is 0 Å². The summed E-state index contributed by atoms with van der Waals surface area (Å²) in [4.78, 5) is 35.7. The third kappa shape index (κ3) is 4.34. The van der Waals surface area contributed by atoms with Crippen molar-refractivity contribution in [3.05, 3.63) is 65.7 Å². The van der Waals surface area contributed by atoms with Crippen LogP contribution in [0.3, 0.4) is 0 Å². The second-order valence-electron chi connectivity index (χ2n) is 5.24. The summed E-state index contributed by atoms with van der Waals surface area (Å²) in [6.07, 6.45) is -0.0410. The number of anilines is 1. The second kappa shape index (κ2) is 7.47. The van der Waals surface area contributed by atoms with Gasteiger partial charge in [0.2, 0.25) is 5.91 Å². The summed E-state index contributed by atoms with van der Waals surface area (Å²) in [6, 6.07) is 14.6. The number of carbonyl (C=O) groups is 3. The van der Waals surface area contributed by atoms with E-state index in [1.807, 2.05) is 6.07 Å². The predicted octanol–water partition coefficient (Wildman–Crippen LogP) is 2.16. The van der Waals surface area contributed by atoms with E-state index in [2.05, 4.69) is 5.32 Å². The van der Waals surface area contributed by atoms with E-state index in [1.165, 1.54) is 6.92 Å². The topological polar surface area (TPSA) is 89.3 Å². The lowest BCUT2D eigenvalue weighted by Gasteiger charge is -2.13. The van der Waals surface area contributed by atoms with Gasteiger partial charge in [-0.15, -0.1) is 0 Å². The molecule has 1 amide bonds. The molecule has 1 atom stereocenters. The lowest BCUT2D eigenvalue weighted by molar-refractivity contribution is -0.122. The maximum Gasteiger partial charge on any atom is 0.241 e. The Morgan fingerprint density at radius 2 is 1.61 bits per heavy atom. The number of rotatable bonds is 6. The zero-order valence-electron chi connectivity index (χ0n) is 12.8. The fourth-order valence-electron chi connectivity index (χ4n) is 2.16. The molecule has 23 heavy (non-hydrogen) atoms. The van der Waals surface area contributed by atoms with Gasteiger partial charge in [-0.2, -0.15) is 0 Å². The zero-order valence-corrected chi connectivity index (χ0v) is 12.8. The van der Waals surface area contributed by atoms with Crippen molar-refractivity contribution < 1.29 is 14.4 Å². The second-order valence-corrected chi connectivity index (χ2v) is 5.24. The molecule has 1 unspecified atom stereocenters. The van der Waals surface area contributed by atoms with E-state index in [-0.39, 0.29) is 18.0 Å². The first-order valence-electron chi connectivity index (χ1n) is 7.23. The molecule has 2 aromatic rings. The van der Waals surface area contributed by atoms with Crippen LogP contribution in [0.5, 0.6) is 0 Å². The molecule has 0 aliphatic heterocycles. The Morgan fingerprint density at radius 1 is 1.00 bits per heavy atom. The molecular formula is C18H18N2O3. The van der Waals surface area contributed by atoms with Crippen LogP contribution in [-0.4, -0.2) is 23.5 Å². The fourth-order valence-corrected chi connectivity index (χ4v) is 2.16. The van der Waals surface area contributed by atoms with Crippen LogP contribution in [0.1, 0.15) is 29.3 Å².